The van der Waals surface area contributed by atoms with Crippen LogP contribution in [0.5, 0.6) is 0 Å². The summed E-state index contributed by atoms with van der Waals surface area (Å²) in [7, 11) is -3.22. The smallest absolute Gasteiger partial charge is 0.255 e. The van der Waals surface area contributed by atoms with Crippen LogP contribution >= 0.6 is 11.6 Å². The van der Waals surface area contributed by atoms with E-state index >= 15 is 0 Å². The summed E-state index contributed by atoms with van der Waals surface area (Å²) in [6, 6.07) is 1.42. The fourth-order valence-corrected chi connectivity index (χ4v) is 3.02. The number of pyridine rings is 1. The van der Waals surface area contributed by atoms with Gasteiger partial charge >= 0.3 is 0 Å². The molecule has 1 aliphatic heterocycles. The van der Waals surface area contributed by atoms with Crippen LogP contribution in [0.25, 0.3) is 0 Å². The van der Waals surface area contributed by atoms with Gasteiger partial charge in [-0.1, -0.05) is 11.6 Å². The van der Waals surface area contributed by atoms with Crippen LogP contribution in [0, 0.1) is 0 Å². The summed E-state index contributed by atoms with van der Waals surface area (Å²) in [5.41, 5.74) is 5.83. The molecule has 1 fully saturated rings. The summed E-state index contributed by atoms with van der Waals surface area (Å²) < 4.78 is 24.2. The molecule has 0 atom stereocenters. The highest BCUT2D eigenvalue weighted by Gasteiger charge is 2.27. The van der Waals surface area contributed by atoms with Gasteiger partial charge in [0.05, 0.1) is 16.8 Å². The van der Waals surface area contributed by atoms with Crippen molar-refractivity contribution in [2.75, 3.05) is 38.2 Å². The van der Waals surface area contributed by atoms with E-state index in [2.05, 4.69) is 4.98 Å². The van der Waals surface area contributed by atoms with Crippen molar-refractivity contribution in [3.8, 4) is 0 Å². The fraction of sp³-hybridized carbons (Fsp3) is 0.455. The van der Waals surface area contributed by atoms with Crippen molar-refractivity contribution >= 4 is 33.3 Å². The average molecular weight is 319 g/mol. The quantitative estimate of drug-likeness (QED) is 0.830. The van der Waals surface area contributed by atoms with Gasteiger partial charge in [0.1, 0.15) is 5.82 Å². The Morgan fingerprint density at radius 2 is 1.95 bits per heavy atom. The van der Waals surface area contributed by atoms with E-state index < -0.39 is 10.0 Å². The topological polar surface area (TPSA) is 96.6 Å². The Kier molecular flexibility index (Phi) is 4.17. The highest BCUT2D eigenvalue weighted by molar-refractivity contribution is 7.88. The van der Waals surface area contributed by atoms with Crippen LogP contribution in [0.4, 0.5) is 5.82 Å². The molecule has 2 N–H and O–H groups in total. The van der Waals surface area contributed by atoms with Crippen LogP contribution in [0.15, 0.2) is 12.3 Å². The zero-order valence-electron chi connectivity index (χ0n) is 10.9. The molecule has 1 saturated heterocycles. The molecule has 2 heterocycles. The summed E-state index contributed by atoms with van der Waals surface area (Å²) in [4.78, 5) is 17.7. The molecule has 0 aliphatic carbocycles. The minimum atomic E-state index is -3.22. The zero-order valence-corrected chi connectivity index (χ0v) is 12.5. The first-order valence-electron chi connectivity index (χ1n) is 5.94. The SMILES string of the molecule is CS(=O)(=O)N1CCN(C(=O)c2cc(N)ncc2Cl)CC1. The molecule has 0 unspecified atom stereocenters. The van der Waals surface area contributed by atoms with E-state index in [1.807, 2.05) is 0 Å². The second-order valence-electron chi connectivity index (χ2n) is 4.54. The molecule has 7 nitrogen and oxygen atoms in total. The van der Waals surface area contributed by atoms with Gasteiger partial charge in [0, 0.05) is 32.4 Å². The Morgan fingerprint density at radius 1 is 1.35 bits per heavy atom. The number of halogens is 1. The van der Waals surface area contributed by atoms with Gasteiger partial charge in [-0.05, 0) is 6.07 Å². The second kappa shape index (κ2) is 5.55. The Hall–Kier alpha value is -1.38. The van der Waals surface area contributed by atoms with Crippen molar-refractivity contribution in [2.45, 2.75) is 0 Å². The number of piperazine rings is 1. The molecule has 1 aromatic heterocycles. The van der Waals surface area contributed by atoms with Gasteiger partial charge in [0.25, 0.3) is 5.91 Å². The third-order valence-electron chi connectivity index (χ3n) is 3.10. The van der Waals surface area contributed by atoms with Gasteiger partial charge in [0.2, 0.25) is 10.0 Å². The largest absolute Gasteiger partial charge is 0.384 e. The van der Waals surface area contributed by atoms with Gasteiger partial charge < -0.3 is 10.6 Å². The minimum absolute atomic E-state index is 0.215. The summed E-state index contributed by atoms with van der Waals surface area (Å²) in [6.45, 7) is 1.21. The number of hydrogen-bond acceptors (Lipinski definition) is 5. The van der Waals surface area contributed by atoms with E-state index in [9.17, 15) is 13.2 Å². The predicted molar refractivity (Wildman–Crippen MR) is 76.0 cm³/mol. The molecule has 1 amide bonds. The maximum atomic E-state index is 12.3. The Balaban J connectivity index is 2.11. The number of nitrogens with zero attached hydrogens (tertiary/aromatic N) is 3. The molecule has 20 heavy (non-hydrogen) atoms. The molecule has 9 heteroatoms. The lowest BCUT2D eigenvalue weighted by molar-refractivity contribution is 0.0698. The molecule has 2 rings (SSSR count). The highest BCUT2D eigenvalue weighted by atomic mass is 35.5. The molecule has 0 radical (unpaired) electrons. The number of carbonyl (C=O) groups is 1. The standard InChI is InChI=1S/C11H15ClN4O3S/c1-20(18,19)16-4-2-15(3-5-16)11(17)8-6-10(13)14-7-9(8)12/h6-7H,2-5H2,1H3,(H2,13,14). The number of hydrogen-bond donors (Lipinski definition) is 1. The van der Waals surface area contributed by atoms with E-state index in [0.717, 1.165) is 6.26 Å². The van der Waals surface area contributed by atoms with Gasteiger partial charge in [-0.2, -0.15) is 4.31 Å². The Bertz CT molecular complexity index is 627. The summed E-state index contributed by atoms with van der Waals surface area (Å²) in [5.74, 6) is -0.0511. The van der Waals surface area contributed by atoms with Crippen molar-refractivity contribution < 1.29 is 13.2 Å². The maximum absolute atomic E-state index is 12.3. The van der Waals surface area contributed by atoms with Gasteiger partial charge in [-0.15, -0.1) is 0 Å². The number of aromatic nitrogens is 1. The van der Waals surface area contributed by atoms with Crippen molar-refractivity contribution in [3.63, 3.8) is 0 Å². The van der Waals surface area contributed by atoms with E-state index in [0.29, 0.717) is 13.1 Å². The number of nitrogen functional groups attached to an aromatic ring is 1. The van der Waals surface area contributed by atoms with Crippen LogP contribution in [0.1, 0.15) is 10.4 Å². The highest BCUT2D eigenvalue weighted by Crippen LogP contribution is 2.19. The Morgan fingerprint density at radius 3 is 2.50 bits per heavy atom. The molecular formula is C11H15ClN4O3S. The van der Waals surface area contributed by atoms with Gasteiger partial charge in [-0.3, -0.25) is 4.79 Å². The van der Waals surface area contributed by atoms with E-state index in [1.165, 1.54) is 16.6 Å². The molecular weight excluding hydrogens is 304 g/mol. The summed E-state index contributed by atoms with van der Waals surface area (Å²) in [5, 5.41) is 0.231. The lowest BCUT2D eigenvalue weighted by Gasteiger charge is -2.33. The van der Waals surface area contributed by atoms with E-state index in [4.69, 9.17) is 17.3 Å². The van der Waals surface area contributed by atoms with Gasteiger partial charge in [-0.25, -0.2) is 13.4 Å². The summed E-state index contributed by atoms with van der Waals surface area (Å²) in [6.07, 6.45) is 2.49. The van der Waals surface area contributed by atoms with Crippen LogP contribution in [0.2, 0.25) is 5.02 Å². The number of carbonyl (C=O) groups excluding carboxylic acids is 1. The first kappa shape index (κ1) is 15.0. The van der Waals surface area contributed by atoms with E-state index in [1.54, 1.807) is 4.90 Å². The number of amides is 1. The molecule has 1 aromatic rings. The van der Waals surface area contributed by atoms with Crippen LogP contribution in [-0.2, 0) is 10.0 Å². The van der Waals surface area contributed by atoms with Crippen LogP contribution in [0.3, 0.4) is 0 Å². The maximum Gasteiger partial charge on any atom is 0.255 e. The van der Waals surface area contributed by atoms with Gasteiger partial charge in [0.15, 0.2) is 0 Å². The molecule has 1 aliphatic rings. The molecule has 0 saturated carbocycles. The number of rotatable bonds is 2. The molecule has 0 bridgehead atoms. The van der Waals surface area contributed by atoms with E-state index in [-0.39, 0.29) is 35.4 Å². The number of anilines is 1. The third-order valence-corrected chi connectivity index (χ3v) is 4.71. The van der Waals surface area contributed by atoms with Crippen LogP contribution < -0.4 is 5.73 Å². The monoisotopic (exact) mass is 318 g/mol. The number of sulfonamides is 1. The zero-order chi connectivity index (χ0) is 14.9. The lowest BCUT2D eigenvalue weighted by atomic mass is 10.2. The Labute approximate surface area is 122 Å². The third kappa shape index (κ3) is 3.20. The van der Waals surface area contributed by atoms with Crippen molar-refractivity contribution in [3.05, 3.63) is 22.8 Å². The number of nitrogens with two attached hydrogens (primary N) is 1. The average Bonchev–Trinajstić information content (AvgIpc) is 2.40. The first-order valence-corrected chi connectivity index (χ1v) is 8.17. The molecule has 0 spiro atoms. The normalized spacial score (nSPS) is 17.2. The van der Waals surface area contributed by atoms with Crippen molar-refractivity contribution in [1.82, 2.24) is 14.2 Å². The predicted octanol–water partition coefficient (Wildman–Crippen LogP) is 0.0346. The first-order chi connectivity index (χ1) is 9.29. The second-order valence-corrected chi connectivity index (χ2v) is 6.93. The summed E-state index contributed by atoms with van der Waals surface area (Å²) >= 11 is 5.94. The van der Waals surface area contributed by atoms with Crippen LogP contribution in [-0.4, -0.2) is 60.9 Å². The van der Waals surface area contributed by atoms with Crippen molar-refractivity contribution in [1.29, 1.82) is 0 Å². The van der Waals surface area contributed by atoms with Crippen molar-refractivity contribution in [2.24, 2.45) is 0 Å². The lowest BCUT2D eigenvalue weighted by Crippen LogP contribution is -2.50. The fourth-order valence-electron chi connectivity index (χ4n) is 2.01. The molecule has 110 valence electrons. The minimum Gasteiger partial charge on any atom is -0.384 e. The molecule has 0 aromatic carbocycles.